The van der Waals surface area contributed by atoms with Gasteiger partial charge in [-0.05, 0) is 31.5 Å². The minimum atomic E-state index is -0.390. The summed E-state index contributed by atoms with van der Waals surface area (Å²) in [6.07, 6.45) is 0. The van der Waals surface area contributed by atoms with Crippen LogP contribution in [0.4, 0.5) is 5.69 Å². The molecule has 0 aromatic heterocycles. The van der Waals surface area contributed by atoms with Gasteiger partial charge >= 0.3 is 5.97 Å². The molecule has 4 heteroatoms. The third kappa shape index (κ3) is 2.17. The lowest BCUT2D eigenvalue weighted by molar-refractivity contribution is 0.0525. The van der Waals surface area contributed by atoms with Gasteiger partial charge in [-0.25, -0.2) is 4.79 Å². The molecule has 1 rings (SSSR count). The molecule has 0 unspecified atom stereocenters. The van der Waals surface area contributed by atoms with E-state index in [4.69, 9.17) is 22.1 Å². The van der Waals surface area contributed by atoms with Gasteiger partial charge in [0.25, 0.3) is 0 Å². The maximum atomic E-state index is 11.4. The van der Waals surface area contributed by atoms with E-state index in [0.29, 0.717) is 28.4 Å². The minimum Gasteiger partial charge on any atom is -0.462 e. The van der Waals surface area contributed by atoms with Crippen LogP contribution in [-0.4, -0.2) is 12.6 Å². The minimum absolute atomic E-state index is 0.338. The summed E-state index contributed by atoms with van der Waals surface area (Å²) in [5.74, 6) is -0.390. The van der Waals surface area contributed by atoms with Gasteiger partial charge in [-0.2, -0.15) is 0 Å². The van der Waals surface area contributed by atoms with E-state index < -0.39 is 0 Å². The van der Waals surface area contributed by atoms with Crippen molar-refractivity contribution in [3.63, 3.8) is 0 Å². The lowest BCUT2D eigenvalue weighted by atomic mass is 10.1. The first-order valence-electron chi connectivity index (χ1n) is 4.29. The summed E-state index contributed by atoms with van der Waals surface area (Å²) >= 11 is 5.78. The first-order valence-corrected chi connectivity index (χ1v) is 4.66. The lowest BCUT2D eigenvalue weighted by Gasteiger charge is -2.08. The van der Waals surface area contributed by atoms with Crippen molar-refractivity contribution >= 4 is 23.3 Å². The topological polar surface area (TPSA) is 52.3 Å². The standard InChI is InChI=1S/C10H12ClNO2/c1-3-14-10(13)8-4-7(11)5-9(12)6(8)2/h4-5H,3,12H2,1-2H3. The quantitative estimate of drug-likeness (QED) is 0.606. The Morgan fingerprint density at radius 1 is 1.57 bits per heavy atom. The number of carbonyl (C=O) groups is 1. The van der Waals surface area contributed by atoms with Gasteiger partial charge in [0, 0.05) is 10.7 Å². The predicted molar refractivity (Wildman–Crippen MR) is 56.6 cm³/mol. The fraction of sp³-hybridized carbons (Fsp3) is 0.300. The van der Waals surface area contributed by atoms with Crippen LogP contribution in [0, 0.1) is 6.92 Å². The fourth-order valence-corrected chi connectivity index (χ4v) is 1.35. The molecule has 2 N–H and O–H groups in total. The molecule has 0 fully saturated rings. The van der Waals surface area contributed by atoms with E-state index >= 15 is 0 Å². The van der Waals surface area contributed by atoms with Crippen LogP contribution in [0.5, 0.6) is 0 Å². The second-order valence-corrected chi connectivity index (χ2v) is 3.32. The highest BCUT2D eigenvalue weighted by atomic mass is 35.5. The molecule has 0 radical (unpaired) electrons. The monoisotopic (exact) mass is 213 g/mol. The van der Waals surface area contributed by atoms with E-state index in [0.717, 1.165) is 0 Å². The summed E-state index contributed by atoms with van der Waals surface area (Å²) in [5, 5.41) is 0.441. The zero-order valence-electron chi connectivity index (χ0n) is 8.13. The molecule has 0 atom stereocenters. The van der Waals surface area contributed by atoms with Gasteiger partial charge in [0.05, 0.1) is 12.2 Å². The van der Waals surface area contributed by atoms with Crippen molar-refractivity contribution in [2.24, 2.45) is 0 Å². The normalized spacial score (nSPS) is 9.93. The molecular formula is C10H12ClNO2. The third-order valence-corrected chi connectivity index (χ3v) is 2.13. The average Bonchev–Trinajstić information content (AvgIpc) is 2.11. The Balaban J connectivity index is 3.13. The van der Waals surface area contributed by atoms with Crippen LogP contribution in [0.1, 0.15) is 22.8 Å². The summed E-state index contributed by atoms with van der Waals surface area (Å²) in [5.41, 5.74) is 7.29. The van der Waals surface area contributed by atoms with Crippen molar-refractivity contribution < 1.29 is 9.53 Å². The van der Waals surface area contributed by atoms with E-state index in [9.17, 15) is 4.79 Å². The van der Waals surface area contributed by atoms with Gasteiger partial charge in [0.2, 0.25) is 0 Å². The second-order valence-electron chi connectivity index (χ2n) is 2.89. The van der Waals surface area contributed by atoms with Crippen LogP contribution in [-0.2, 0) is 4.74 Å². The van der Waals surface area contributed by atoms with Crippen molar-refractivity contribution in [3.8, 4) is 0 Å². The van der Waals surface area contributed by atoms with Crippen molar-refractivity contribution in [1.29, 1.82) is 0 Å². The number of ether oxygens (including phenoxy) is 1. The second kappa shape index (κ2) is 4.33. The van der Waals surface area contributed by atoms with Gasteiger partial charge in [-0.15, -0.1) is 0 Å². The molecule has 0 aliphatic heterocycles. The molecule has 0 bridgehead atoms. The van der Waals surface area contributed by atoms with Crippen LogP contribution < -0.4 is 5.73 Å². The fourth-order valence-electron chi connectivity index (χ4n) is 1.12. The molecule has 0 saturated carbocycles. The highest BCUT2D eigenvalue weighted by molar-refractivity contribution is 6.31. The largest absolute Gasteiger partial charge is 0.462 e. The molecule has 0 heterocycles. The van der Waals surface area contributed by atoms with Crippen LogP contribution in [0.2, 0.25) is 5.02 Å². The number of rotatable bonds is 2. The zero-order valence-corrected chi connectivity index (χ0v) is 8.89. The number of benzene rings is 1. The third-order valence-electron chi connectivity index (χ3n) is 1.91. The van der Waals surface area contributed by atoms with Gasteiger partial charge in [-0.1, -0.05) is 11.6 Å². The lowest BCUT2D eigenvalue weighted by Crippen LogP contribution is -2.08. The highest BCUT2D eigenvalue weighted by Gasteiger charge is 2.12. The molecule has 3 nitrogen and oxygen atoms in total. The van der Waals surface area contributed by atoms with E-state index in [1.807, 2.05) is 0 Å². The molecule has 76 valence electrons. The van der Waals surface area contributed by atoms with Crippen molar-refractivity contribution in [2.75, 3.05) is 12.3 Å². The van der Waals surface area contributed by atoms with Gasteiger partial charge in [0.15, 0.2) is 0 Å². The number of halogens is 1. The summed E-state index contributed by atoms with van der Waals surface area (Å²) in [6.45, 7) is 3.85. The van der Waals surface area contributed by atoms with Gasteiger partial charge in [-0.3, -0.25) is 0 Å². The molecule has 0 saturated heterocycles. The molecule has 1 aromatic carbocycles. The molecule has 0 aliphatic carbocycles. The van der Waals surface area contributed by atoms with Crippen LogP contribution in [0.25, 0.3) is 0 Å². The van der Waals surface area contributed by atoms with Crippen LogP contribution in [0.3, 0.4) is 0 Å². The Morgan fingerprint density at radius 2 is 2.21 bits per heavy atom. The SMILES string of the molecule is CCOC(=O)c1cc(Cl)cc(N)c1C. The molecule has 14 heavy (non-hydrogen) atoms. The van der Waals surface area contributed by atoms with E-state index in [-0.39, 0.29) is 5.97 Å². The van der Waals surface area contributed by atoms with E-state index in [1.54, 1.807) is 26.0 Å². The smallest absolute Gasteiger partial charge is 0.338 e. The van der Waals surface area contributed by atoms with Crippen molar-refractivity contribution in [2.45, 2.75) is 13.8 Å². The highest BCUT2D eigenvalue weighted by Crippen LogP contribution is 2.22. The Hall–Kier alpha value is -1.22. The zero-order chi connectivity index (χ0) is 10.7. The Morgan fingerprint density at radius 3 is 2.79 bits per heavy atom. The molecular weight excluding hydrogens is 202 g/mol. The molecule has 0 spiro atoms. The number of carbonyl (C=O) groups excluding carboxylic acids is 1. The summed E-state index contributed by atoms with van der Waals surface area (Å²) in [6, 6.07) is 3.17. The average molecular weight is 214 g/mol. The number of esters is 1. The summed E-state index contributed by atoms with van der Waals surface area (Å²) < 4.78 is 4.87. The van der Waals surface area contributed by atoms with Gasteiger partial charge < -0.3 is 10.5 Å². The van der Waals surface area contributed by atoms with E-state index in [1.165, 1.54) is 0 Å². The molecule has 0 aliphatic rings. The number of hydrogen-bond donors (Lipinski definition) is 1. The van der Waals surface area contributed by atoms with Crippen LogP contribution >= 0.6 is 11.6 Å². The number of hydrogen-bond acceptors (Lipinski definition) is 3. The first kappa shape index (κ1) is 10.9. The Bertz CT molecular complexity index is 363. The van der Waals surface area contributed by atoms with E-state index in [2.05, 4.69) is 0 Å². The maximum absolute atomic E-state index is 11.4. The number of anilines is 1. The maximum Gasteiger partial charge on any atom is 0.338 e. The predicted octanol–water partition coefficient (Wildman–Crippen LogP) is 2.41. The number of nitrogen functional groups attached to an aromatic ring is 1. The summed E-state index contributed by atoms with van der Waals surface area (Å²) in [7, 11) is 0. The molecule has 1 aromatic rings. The number of nitrogens with two attached hydrogens (primary N) is 1. The summed E-state index contributed by atoms with van der Waals surface area (Å²) in [4.78, 5) is 11.4. The Labute approximate surface area is 87.8 Å². The van der Waals surface area contributed by atoms with Crippen molar-refractivity contribution in [1.82, 2.24) is 0 Å². The van der Waals surface area contributed by atoms with Crippen molar-refractivity contribution in [3.05, 3.63) is 28.3 Å². The van der Waals surface area contributed by atoms with Gasteiger partial charge in [0.1, 0.15) is 0 Å². The first-order chi connectivity index (χ1) is 6.56. The molecule has 0 amide bonds. The van der Waals surface area contributed by atoms with Crippen LogP contribution in [0.15, 0.2) is 12.1 Å². The Kier molecular flexibility index (Phi) is 3.36.